The number of aromatic nitrogens is 4. The Kier molecular flexibility index (Phi) is 5.17. The van der Waals surface area contributed by atoms with Crippen molar-refractivity contribution in [1.29, 1.82) is 0 Å². The zero-order chi connectivity index (χ0) is 19.4. The molecule has 0 radical (unpaired) electrons. The minimum Gasteiger partial charge on any atom is -0.321 e. The van der Waals surface area contributed by atoms with Gasteiger partial charge in [0.25, 0.3) is 0 Å². The fourth-order valence-corrected chi connectivity index (χ4v) is 3.45. The standard InChI is InChI=1S/C17H18N6O3S/c1-13-6-3-4-8-15(13)23(27(2,25)26)10-16(24)21-14-7-5-9-19-17(14)22-12-18-11-20-22/h3-9,11-12H,10H2,1-2H3,(H,21,24). The summed E-state index contributed by atoms with van der Waals surface area (Å²) >= 11 is 0. The Hall–Kier alpha value is -3.27. The number of hydrogen-bond acceptors (Lipinski definition) is 6. The highest BCUT2D eigenvalue weighted by Gasteiger charge is 2.22. The summed E-state index contributed by atoms with van der Waals surface area (Å²) in [7, 11) is -3.65. The van der Waals surface area contributed by atoms with E-state index in [4.69, 9.17) is 0 Å². The maximum absolute atomic E-state index is 12.6. The molecule has 3 rings (SSSR count). The van der Waals surface area contributed by atoms with Gasteiger partial charge in [-0.05, 0) is 30.7 Å². The van der Waals surface area contributed by atoms with Gasteiger partial charge in [-0.25, -0.2) is 23.1 Å². The molecule has 0 bridgehead atoms. The van der Waals surface area contributed by atoms with Crippen molar-refractivity contribution in [2.24, 2.45) is 0 Å². The Labute approximate surface area is 156 Å². The average molecular weight is 386 g/mol. The second-order valence-corrected chi connectivity index (χ2v) is 7.73. The highest BCUT2D eigenvalue weighted by Crippen LogP contribution is 2.22. The molecule has 0 aliphatic carbocycles. The number of sulfonamides is 1. The van der Waals surface area contributed by atoms with Crippen LogP contribution < -0.4 is 9.62 Å². The van der Waals surface area contributed by atoms with Crippen LogP contribution in [0.5, 0.6) is 0 Å². The molecule has 1 N–H and O–H groups in total. The maximum Gasteiger partial charge on any atom is 0.245 e. The number of nitrogens with one attached hydrogen (secondary N) is 1. The minimum absolute atomic E-state index is 0.366. The lowest BCUT2D eigenvalue weighted by atomic mass is 10.2. The van der Waals surface area contributed by atoms with Crippen molar-refractivity contribution >= 4 is 27.3 Å². The van der Waals surface area contributed by atoms with Crippen LogP contribution in [-0.2, 0) is 14.8 Å². The Morgan fingerprint density at radius 2 is 2.00 bits per heavy atom. The zero-order valence-corrected chi connectivity index (χ0v) is 15.6. The molecule has 9 nitrogen and oxygen atoms in total. The van der Waals surface area contributed by atoms with Crippen LogP contribution in [0.4, 0.5) is 11.4 Å². The molecule has 0 aliphatic rings. The monoisotopic (exact) mass is 386 g/mol. The number of carbonyl (C=O) groups excluding carboxylic acids is 1. The summed E-state index contributed by atoms with van der Waals surface area (Å²) in [6, 6.07) is 10.3. The lowest BCUT2D eigenvalue weighted by molar-refractivity contribution is -0.114. The molecule has 2 aromatic heterocycles. The van der Waals surface area contributed by atoms with E-state index in [9.17, 15) is 13.2 Å². The van der Waals surface area contributed by atoms with Crippen molar-refractivity contribution in [3.05, 3.63) is 60.8 Å². The van der Waals surface area contributed by atoms with Gasteiger partial charge in [-0.3, -0.25) is 9.10 Å². The van der Waals surface area contributed by atoms with Crippen molar-refractivity contribution in [2.75, 3.05) is 22.4 Å². The molecule has 0 atom stereocenters. The molecule has 27 heavy (non-hydrogen) atoms. The summed E-state index contributed by atoms with van der Waals surface area (Å²) in [5.74, 6) is -0.122. The number of para-hydroxylation sites is 1. The number of benzene rings is 1. The molecular formula is C17H18N6O3S. The van der Waals surface area contributed by atoms with Crippen molar-refractivity contribution in [3.8, 4) is 5.82 Å². The fraction of sp³-hybridized carbons (Fsp3) is 0.176. The average Bonchev–Trinajstić information content (AvgIpc) is 3.14. The summed E-state index contributed by atoms with van der Waals surface area (Å²) < 4.78 is 27.0. The quantitative estimate of drug-likeness (QED) is 0.685. The van der Waals surface area contributed by atoms with Crippen molar-refractivity contribution in [3.63, 3.8) is 0 Å². The van der Waals surface area contributed by atoms with Crippen molar-refractivity contribution in [2.45, 2.75) is 6.92 Å². The Morgan fingerprint density at radius 3 is 2.67 bits per heavy atom. The van der Waals surface area contributed by atoms with Crippen molar-refractivity contribution in [1.82, 2.24) is 19.7 Å². The van der Waals surface area contributed by atoms with E-state index >= 15 is 0 Å². The summed E-state index contributed by atoms with van der Waals surface area (Å²) in [4.78, 5) is 20.6. The first-order valence-corrected chi connectivity index (χ1v) is 9.84. The molecule has 3 aromatic rings. The van der Waals surface area contributed by atoms with Gasteiger partial charge in [-0.15, -0.1) is 0 Å². The number of hydrogen-bond donors (Lipinski definition) is 1. The van der Waals surface area contributed by atoms with E-state index in [1.165, 1.54) is 17.3 Å². The summed E-state index contributed by atoms with van der Waals surface area (Å²) in [5, 5.41) is 6.69. The summed E-state index contributed by atoms with van der Waals surface area (Å²) in [5.41, 5.74) is 1.60. The Morgan fingerprint density at radius 1 is 1.22 bits per heavy atom. The van der Waals surface area contributed by atoms with E-state index in [2.05, 4.69) is 20.4 Å². The van der Waals surface area contributed by atoms with E-state index in [0.717, 1.165) is 16.1 Å². The number of carbonyl (C=O) groups is 1. The van der Waals surface area contributed by atoms with Crippen LogP contribution in [-0.4, -0.2) is 46.9 Å². The van der Waals surface area contributed by atoms with Crippen molar-refractivity contribution < 1.29 is 13.2 Å². The van der Waals surface area contributed by atoms with E-state index in [1.54, 1.807) is 49.5 Å². The molecule has 0 fully saturated rings. The van der Waals surface area contributed by atoms with Gasteiger partial charge >= 0.3 is 0 Å². The fourth-order valence-electron chi connectivity index (χ4n) is 2.54. The van der Waals surface area contributed by atoms with Crippen LogP contribution >= 0.6 is 0 Å². The third-order valence-corrected chi connectivity index (χ3v) is 4.89. The molecule has 1 aromatic carbocycles. The third-order valence-electron chi connectivity index (χ3n) is 3.77. The van der Waals surface area contributed by atoms with Gasteiger partial charge in [-0.2, -0.15) is 5.10 Å². The molecular weight excluding hydrogens is 368 g/mol. The third kappa shape index (κ3) is 4.29. The van der Waals surface area contributed by atoms with Gasteiger partial charge in [0.05, 0.1) is 17.6 Å². The lowest BCUT2D eigenvalue weighted by Gasteiger charge is -2.23. The number of nitrogens with zero attached hydrogens (tertiary/aromatic N) is 5. The summed E-state index contributed by atoms with van der Waals surface area (Å²) in [6.45, 7) is 1.42. The Bertz CT molecular complexity index is 1050. The predicted octanol–water partition coefficient (Wildman–Crippen LogP) is 1.38. The van der Waals surface area contributed by atoms with Gasteiger partial charge < -0.3 is 5.32 Å². The van der Waals surface area contributed by atoms with Crippen LogP contribution in [0.15, 0.2) is 55.2 Å². The molecule has 0 spiro atoms. The van der Waals surface area contributed by atoms with Gasteiger partial charge in [0.2, 0.25) is 15.9 Å². The zero-order valence-electron chi connectivity index (χ0n) is 14.8. The van der Waals surface area contributed by atoms with E-state index < -0.39 is 15.9 Å². The van der Waals surface area contributed by atoms with Gasteiger partial charge in [0.15, 0.2) is 5.82 Å². The molecule has 0 saturated heterocycles. The molecule has 0 unspecified atom stereocenters. The summed E-state index contributed by atoms with van der Waals surface area (Å²) in [6.07, 6.45) is 5.43. The van der Waals surface area contributed by atoms with Crippen LogP contribution in [0.2, 0.25) is 0 Å². The molecule has 140 valence electrons. The first kappa shape index (κ1) is 18.5. The number of aryl methyl sites for hydroxylation is 1. The lowest BCUT2D eigenvalue weighted by Crippen LogP contribution is -2.38. The molecule has 1 amide bonds. The normalized spacial score (nSPS) is 11.2. The molecule has 2 heterocycles. The largest absolute Gasteiger partial charge is 0.321 e. The first-order valence-electron chi connectivity index (χ1n) is 7.99. The SMILES string of the molecule is Cc1ccccc1N(CC(=O)Nc1cccnc1-n1cncn1)S(C)(=O)=O. The molecule has 0 aliphatic heterocycles. The second kappa shape index (κ2) is 7.54. The maximum atomic E-state index is 12.6. The van der Waals surface area contributed by atoms with E-state index in [-0.39, 0.29) is 6.54 Å². The van der Waals surface area contributed by atoms with Gasteiger partial charge in [0, 0.05) is 6.20 Å². The highest BCUT2D eigenvalue weighted by molar-refractivity contribution is 7.92. The minimum atomic E-state index is -3.65. The number of rotatable bonds is 6. The van der Waals surface area contributed by atoms with E-state index in [0.29, 0.717) is 17.2 Å². The van der Waals surface area contributed by atoms with Crippen LogP contribution in [0.1, 0.15) is 5.56 Å². The number of amides is 1. The smallest absolute Gasteiger partial charge is 0.245 e. The second-order valence-electron chi connectivity index (χ2n) is 5.82. The van der Waals surface area contributed by atoms with Crippen LogP contribution in [0.25, 0.3) is 5.82 Å². The number of pyridine rings is 1. The highest BCUT2D eigenvalue weighted by atomic mass is 32.2. The van der Waals surface area contributed by atoms with E-state index in [1.807, 2.05) is 0 Å². The molecule has 0 saturated carbocycles. The van der Waals surface area contributed by atoms with Gasteiger partial charge in [0.1, 0.15) is 19.2 Å². The van der Waals surface area contributed by atoms with Crippen LogP contribution in [0, 0.1) is 6.92 Å². The van der Waals surface area contributed by atoms with Crippen LogP contribution in [0.3, 0.4) is 0 Å². The predicted molar refractivity (Wildman–Crippen MR) is 101 cm³/mol. The topological polar surface area (TPSA) is 110 Å². The van der Waals surface area contributed by atoms with Gasteiger partial charge in [-0.1, -0.05) is 18.2 Å². The number of anilines is 2. The first-order chi connectivity index (χ1) is 12.9. The Balaban J connectivity index is 1.86. The molecule has 10 heteroatoms.